The Balaban J connectivity index is 2.39. The number of rotatable bonds is 8. The number of benzene rings is 1. The predicted molar refractivity (Wildman–Crippen MR) is 81.6 cm³/mol. The zero-order valence-corrected chi connectivity index (χ0v) is 13.4. The Morgan fingerprint density at radius 2 is 2.06 bits per heavy atom. The molecule has 1 aromatic rings. The van der Waals surface area contributed by atoms with Crippen LogP contribution in [-0.4, -0.2) is 31.5 Å². The van der Waals surface area contributed by atoms with Gasteiger partial charge in [-0.2, -0.15) is 0 Å². The van der Waals surface area contributed by atoms with E-state index in [9.17, 15) is 0 Å². The summed E-state index contributed by atoms with van der Waals surface area (Å²) in [6.07, 6.45) is 3.53. The average molecular weight is 335 g/mol. The molecule has 0 aliphatic heterocycles. The lowest BCUT2D eigenvalue weighted by Gasteiger charge is -2.17. The lowest BCUT2D eigenvalue weighted by Crippen LogP contribution is -2.19. The first-order valence-corrected chi connectivity index (χ1v) is 7.57. The van der Waals surface area contributed by atoms with Gasteiger partial charge in [0.1, 0.15) is 5.75 Å². The van der Waals surface area contributed by atoms with E-state index in [-0.39, 0.29) is 0 Å². The molecule has 0 saturated carbocycles. The molecule has 18 heavy (non-hydrogen) atoms. The second kappa shape index (κ2) is 8.78. The van der Waals surface area contributed by atoms with E-state index in [1.54, 1.807) is 7.11 Å². The first-order chi connectivity index (χ1) is 8.67. The first kappa shape index (κ1) is 15.8. The van der Waals surface area contributed by atoms with Crippen LogP contribution in [0.25, 0.3) is 0 Å². The molecule has 0 aliphatic carbocycles. The van der Waals surface area contributed by atoms with Gasteiger partial charge in [0.2, 0.25) is 0 Å². The van der Waals surface area contributed by atoms with Crippen molar-refractivity contribution in [1.29, 1.82) is 0 Å². The molecule has 0 radical (unpaired) electrons. The van der Waals surface area contributed by atoms with E-state index in [1.165, 1.54) is 18.4 Å². The van der Waals surface area contributed by atoms with Crippen molar-refractivity contribution in [1.82, 2.24) is 4.90 Å². The lowest BCUT2D eigenvalue weighted by molar-refractivity contribution is 0.318. The first-order valence-electron chi connectivity index (χ1n) is 6.24. The predicted octanol–water partition coefficient (Wildman–Crippen LogP) is 4.30. The normalized spacial score (nSPS) is 10.9. The van der Waals surface area contributed by atoms with E-state index in [1.807, 2.05) is 6.07 Å². The zero-order valence-electron chi connectivity index (χ0n) is 11.1. The number of unbranched alkanes of at least 4 members (excludes halogenated alkanes) is 2. The molecule has 4 heteroatoms. The summed E-state index contributed by atoms with van der Waals surface area (Å²) >= 11 is 9.17. The van der Waals surface area contributed by atoms with Crippen LogP contribution in [0, 0.1) is 0 Å². The van der Waals surface area contributed by atoms with Gasteiger partial charge in [-0.25, -0.2) is 0 Å². The Morgan fingerprint density at radius 3 is 2.67 bits per heavy atom. The highest BCUT2D eigenvalue weighted by Crippen LogP contribution is 2.25. The molecular weight excluding hydrogens is 314 g/mol. The van der Waals surface area contributed by atoms with Crippen molar-refractivity contribution in [2.45, 2.75) is 25.8 Å². The molecule has 1 rings (SSSR count). The van der Waals surface area contributed by atoms with Crippen LogP contribution in [0.3, 0.4) is 0 Å². The molecule has 0 aromatic heterocycles. The molecular formula is C14H21BrClNO. The standard InChI is InChI=1S/C14H21BrClNO/c1-17(9-5-3-4-8-16)11-12-6-7-14(18-2)13(15)10-12/h6-7,10H,3-5,8-9,11H2,1-2H3. The number of methoxy groups -OCH3 is 1. The second-order valence-electron chi connectivity index (χ2n) is 4.46. The van der Waals surface area contributed by atoms with Crippen molar-refractivity contribution >= 4 is 27.5 Å². The average Bonchev–Trinajstić information content (AvgIpc) is 2.35. The smallest absolute Gasteiger partial charge is 0.133 e. The van der Waals surface area contributed by atoms with Crippen molar-refractivity contribution in [3.8, 4) is 5.75 Å². The van der Waals surface area contributed by atoms with Crippen molar-refractivity contribution in [3.05, 3.63) is 28.2 Å². The monoisotopic (exact) mass is 333 g/mol. The Labute approximate surface area is 123 Å². The maximum Gasteiger partial charge on any atom is 0.133 e. The Kier molecular flexibility index (Phi) is 7.71. The fraction of sp³-hybridized carbons (Fsp3) is 0.571. The number of ether oxygens (including phenoxy) is 1. The van der Waals surface area contributed by atoms with Crippen molar-refractivity contribution < 1.29 is 4.74 Å². The van der Waals surface area contributed by atoms with Gasteiger partial charge in [-0.3, -0.25) is 0 Å². The molecule has 0 unspecified atom stereocenters. The van der Waals surface area contributed by atoms with Gasteiger partial charge in [-0.15, -0.1) is 11.6 Å². The van der Waals surface area contributed by atoms with Crippen LogP contribution in [0.15, 0.2) is 22.7 Å². The third-order valence-corrected chi connectivity index (χ3v) is 3.73. The number of hydrogen-bond acceptors (Lipinski definition) is 2. The summed E-state index contributed by atoms with van der Waals surface area (Å²) in [5.41, 5.74) is 1.29. The van der Waals surface area contributed by atoms with Crippen molar-refractivity contribution in [2.75, 3.05) is 26.6 Å². The van der Waals surface area contributed by atoms with E-state index < -0.39 is 0 Å². The quantitative estimate of drug-likeness (QED) is 0.519. The molecule has 0 N–H and O–H groups in total. The largest absolute Gasteiger partial charge is 0.496 e. The fourth-order valence-corrected chi connectivity index (χ4v) is 2.63. The molecule has 0 aliphatic rings. The van der Waals surface area contributed by atoms with Gasteiger partial charge < -0.3 is 9.64 Å². The topological polar surface area (TPSA) is 12.5 Å². The highest BCUT2D eigenvalue weighted by molar-refractivity contribution is 9.10. The summed E-state index contributed by atoms with van der Waals surface area (Å²) in [5, 5.41) is 0. The van der Waals surface area contributed by atoms with Crippen LogP contribution < -0.4 is 4.74 Å². The summed E-state index contributed by atoms with van der Waals surface area (Å²) in [6, 6.07) is 6.23. The van der Waals surface area contributed by atoms with Crippen LogP contribution >= 0.6 is 27.5 Å². The zero-order chi connectivity index (χ0) is 13.4. The van der Waals surface area contributed by atoms with E-state index in [2.05, 4.69) is 40.0 Å². The van der Waals surface area contributed by atoms with E-state index in [0.29, 0.717) is 0 Å². The maximum absolute atomic E-state index is 5.66. The molecule has 0 bridgehead atoms. The van der Waals surface area contributed by atoms with Gasteiger partial charge in [-0.1, -0.05) is 12.5 Å². The molecule has 0 spiro atoms. The molecule has 0 heterocycles. The van der Waals surface area contributed by atoms with Crippen LogP contribution in [-0.2, 0) is 6.54 Å². The third kappa shape index (κ3) is 5.59. The maximum atomic E-state index is 5.66. The third-order valence-electron chi connectivity index (χ3n) is 2.84. The summed E-state index contributed by atoms with van der Waals surface area (Å²) in [5.74, 6) is 1.65. The highest BCUT2D eigenvalue weighted by atomic mass is 79.9. The van der Waals surface area contributed by atoms with Gasteiger partial charge in [-0.05, 0) is 60.1 Å². The van der Waals surface area contributed by atoms with E-state index in [4.69, 9.17) is 16.3 Å². The Morgan fingerprint density at radius 1 is 1.28 bits per heavy atom. The van der Waals surface area contributed by atoms with E-state index in [0.717, 1.165) is 35.6 Å². The van der Waals surface area contributed by atoms with Gasteiger partial charge >= 0.3 is 0 Å². The minimum Gasteiger partial charge on any atom is -0.496 e. The van der Waals surface area contributed by atoms with Gasteiger partial charge in [0.15, 0.2) is 0 Å². The van der Waals surface area contributed by atoms with Crippen LogP contribution in [0.2, 0.25) is 0 Å². The van der Waals surface area contributed by atoms with E-state index >= 15 is 0 Å². The highest BCUT2D eigenvalue weighted by Gasteiger charge is 2.04. The summed E-state index contributed by atoms with van der Waals surface area (Å²) in [7, 11) is 3.83. The molecule has 1 aromatic carbocycles. The minimum absolute atomic E-state index is 0.773. The molecule has 0 fully saturated rings. The van der Waals surface area contributed by atoms with Gasteiger partial charge in [0.25, 0.3) is 0 Å². The van der Waals surface area contributed by atoms with Gasteiger partial charge in [0.05, 0.1) is 11.6 Å². The molecule has 2 nitrogen and oxygen atoms in total. The number of hydrogen-bond donors (Lipinski definition) is 0. The number of halogens is 2. The minimum atomic E-state index is 0.773. The van der Waals surface area contributed by atoms with Crippen molar-refractivity contribution in [2.24, 2.45) is 0 Å². The molecule has 0 amide bonds. The van der Waals surface area contributed by atoms with Gasteiger partial charge in [0, 0.05) is 12.4 Å². The number of alkyl halides is 1. The lowest BCUT2D eigenvalue weighted by atomic mass is 10.2. The molecule has 102 valence electrons. The fourth-order valence-electron chi connectivity index (χ4n) is 1.85. The summed E-state index contributed by atoms with van der Waals surface area (Å²) in [4.78, 5) is 2.34. The number of nitrogens with zero attached hydrogens (tertiary/aromatic N) is 1. The van der Waals surface area contributed by atoms with Crippen LogP contribution in [0.1, 0.15) is 24.8 Å². The second-order valence-corrected chi connectivity index (χ2v) is 5.69. The van der Waals surface area contributed by atoms with Crippen molar-refractivity contribution in [3.63, 3.8) is 0 Å². The Bertz CT molecular complexity index is 360. The van der Waals surface area contributed by atoms with Crippen LogP contribution in [0.4, 0.5) is 0 Å². The Hall–Kier alpha value is -0.250. The molecule has 0 saturated heterocycles. The van der Waals surface area contributed by atoms with Crippen LogP contribution in [0.5, 0.6) is 5.75 Å². The summed E-state index contributed by atoms with van der Waals surface area (Å²) < 4.78 is 6.24. The molecule has 0 atom stereocenters. The summed E-state index contributed by atoms with van der Waals surface area (Å²) in [6.45, 7) is 2.07. The SMILES string of the molecule is COc1ccc(CN(C)CCCCCCl)cc1Br.